The van der Waals surface area contributed by atoms with Gasteiger partial charge in [0.05, 0.1) is 0 Å². The molecule has 3 heteroatoms. The monoisotopic (exact) mass is 132 g/mol. The summed E-state index contributed by atoms with van der Waals surface area (Å²) in [6.45, 7) is 0. The fourth-order valence-corrected chi connectivity index (χ4v) is 1.07. The molecule has 1 N–H and O–H groups in total. The molecule has 1 aliphatic carbocycles. The second kappa shape index (κ2) is 2.25. The highest BCUT2D eigenvalue weighted by Crippen LogP contribution is 2.35. The van der Waals surface area contributed by atoms with E-state index in [1.54, 1.807) is 14.2 Å². The Morgan fingerprint density at radius 2 is 2.00 bits per heavy atom. The molecule has 3 nitrogen and oxygen atoms in total. The van der Waals surface area contributed by atoms with Crippen molar-refractivity contribution in [2.24, 2.45) is 0 Å². The lowest BCUT2D eigenvalue weighted by molar-refractivity contribution is -0.305. The first kappa shape index (κ1) is 6.99. The smallest absolute Gasteiger partial charge is 0.193 e. The van der Waals surface area contributed by atoms with Crippen LogP contribution in [0.1, 0.15) is 12.8 Å². The first-order chi connectivity index (χ1) is 4.25. The maximum atomic E-state index is 9.11. The maximum Gasteiger partial charge on any atom is 0.193 e. The number of aliphatic hydroxyl groups excluding tert-OH is 1. The van der Waals surface area contributed by atoms with Gasteiger partial charge in [0.15, 0.2) is 5.79 Å². The van der Waals surface area contributed by atoms with Gasteiger partial charge in [-0.3, -0.25) is 0 Å². The van der Waals surface area contributed by atoms with Gasteiger partial charge in [-0.25, -0.2) is 0 Å². The van der Waals surface area contributed by atoms with Gasteiger partial charge in [-0.1, -0.05) is 0 Å². The standard InChI is InChI=1S/C6H12O3/c1-8-6(9-2)4-3-5(6)7/h5,7H,3-4H2,1-2H3/t5-/m0/s1. The third kappa shape index (κ3) is 0.852. The van der Waals surface area contributed by atoms with E-state index in [1.807, 2.05) is 0 Å². The summed E-state index contributed by atoms with van der Waals surface area (Å²) in [5, 5.41) is 9.11. The van der Waals surface area contributed by atoms with Crippen LogP contribution in [-0.2, 0) is 9.47 Å². The molecule has 0 unspecified atom stereocenters. The van der Waals surface area contributed by atoms with Crippen LogP contribution in [0.2, 0.25) is 0 Å². The highest BCUT2D eigenvalue weighted by Gasteiger charge is 2.46. The quantitative estimate of drug-likeness (QED) is 0.543. The number of ether oxygens (including phenoxy) is 2. The zero-order chi connectivity index (χ0) is 6.91. The van der Waals surface area contributed by atoms with Gasteiger partial charge >= 0.3 is 0 Å². The number of rotatable bonds is 2. The third-order valence-electron chi connectivity index (χ3n) is 1.96. The molecule has 0 amide bonds. The molecule has 1 atom stereocenters. The molecule has 0 bridgehead atoms. The number of hydrogen-bond donors (Lipinski definition) is 1. The Balaban J connectivity index is 2.48. The van der Waals surface area contributed by atoms with Gasteiger partial charge in [0, 0.05) is 20.6 Å². The van der Waals surface area contributed by atoms with Crippen LogP contribution in [0.5, 0.6) is 0 Å². The summed E-state index contributed by atoms with van der Waals surface area (Å²) >= 11 is 0. The molecule has 1 saturated carbocycles. The fraction of sp³-hybridized carbons (Fsp3) is 1.00. The summed E-state index contributed by atoms with van der Waals surface area (Å²) < 4.78 is 9.93. The van der Waals surface area contributed by atoms with Gasteiger partial charge in [0.25, 0.3) is 0 Å². The predicted octanol–water partition coefficient (Wildman–Crippen LogP) is 0.130. The lowest BCUT2D eigenvalue weighted by Gasteiger charge is -2.43. The number of aliphatic hydroxyl groups is 1. The average Bonchev–Trinajstić information content (AvgIpc) is 1.89. The first-order valence-electron chi connectivity index (χ1n) is 3.03. The van der Waals surface area contributed by atoms with Gasteiger partial charge in [-0.2, -0.15) is 0 Å². The Kier molecular flexibility index (Phi) is 1.75. The summed E-state index contributed by atoms with van der Waals surface area (Å²) in [4.78, 5) is 0. The second-order valence-electron chi connectivity index (χ2n) is 2.27. The van der Waals surface area contributed by atoms with E-state index in [4.69, 9.17) is 14.6 Å². The maximum absolute atomic E-state index is 9.11. The molecular formula is C6H12O3. The van der Waals surface area contributed by atoms with Crippen LogP contribution < -0.4 is 0 Å². The van der Waals surface area contributed by atoms with E-state index < -0.39 is 11.9 Å². The Hall–Kier alpha value is -0.120. The molecular weight excluding hydrogens is 120 g/mol. The van der Waals surface area contributed by atoms with Crippen molar-refractivity contribution in [3.05, 3.63) is 0 Å². The molecule has 0 aliphatic heterocycles. The van der Waals surface area contributed by atoms with Crippen molar-refractivity contribution in [3.63, 3.8) is 0 Å². The van der Waals surface area contributed by atoms with E-state index in [0.717, 1.165) is 12.8 Å². The lowest BCUT2D eigenvalue weighted by atomic mass is 9.87. The Morgan fingerprint density at radius 3 is 2.00 bits per heavy atom. The van der Waals surface area contributed by atoms with E-state index in [-0.39, 0.29) is 0 Å². The van der Waals surface area contributed by atoms with Gasteiger partial charge in [-0.15, -0.1) is 0 Å². The van der Waals surface area contributed by atoms with E-state index in [1.165, 1.54) is 0 Å². The van der Waals surface area contributed by atoms with Crippen molar-refractivity contribution in [2.45, 2.75) is 24.7 Å². The van der Waals surface area contributed by atoms with Crippen LogP contribution in [0.3, 0.4) is 0 Å². The molecule has 0 saturated heterocycles. The molecule has 0 aromatic rings. The molecule has 9 heavy (non-hydrogen) atoms. The Morgan fingerprint density at radius 1 is 1.44 bits per heavy atom. The van der Waals surface area contributed by atoms with Crippen LogP contribution in [-0.4, -0.2) is 31.2 Å². The molecule has 0 heterocycles. The highest BCUT2D eigenvalue weighted by atomic mass is 16.7. The first-order valence-corrected chi connectivity index (χ1v) is 3.03. The lowest BCUT2D eigenvalue weighted by Crippen LogP contribution is -2.54. The zero-order valence-electron chi connectivity index (χ0n) is 5.76. The molecule has 0 aromatic heterocycles. The van der Waals surface area contributed by atoms with Gasteiger partial charge in [-0.05, 0) is 6.42 Å². The summed E-state index contributed by atoms with van der Waals surface area (Å²) in [7, 11) is 3.10. The average molecular weight is 132 g/mol. The van der Waals surface area contributed by atoms with Crippen molar-refractivity contribution in [2.75, 3.05) is 14.2 Å². The van der Waals surface area contributed by atoms with Crippen molar-refractivity contribution in [1.82, 2.24) is 0 Å². The molecule has 1 fully saturated rings. The minimum atomic E-state index is -0.681. The molecule has 1 aliphatic rings. The fourth-order valence-electron chi connectivity index (χ4n) is 1.07. The molecule has 0 radical (unpaired) electrons. The van der Waals surface area contributed by atoms with E-state index >= 15 is 0 Å². The number of methoxy groups -OCH3 is 2. The van der Waals surface area contributed by atoms with Gasteiger partial charge in [0.1, 0.15) is 6.10 Å². The van der Waals surface area contributed by atoms with E-state index in [0.29, 0.717) is 0 Å². The predicted molar refractivity (Wildman–Crippen MR) is 32.0 cm³/mol. The minimum Gasteiger partial charge on any atom is -0.388 e. The van der Waals surface area contributed by atoms with Crippen molar-refractivity contribution < 1.29 is 14.6 Å². The zero-order valence-corrected chi connectivity index (χ0v) is 5.76. The van der Waals surface area contributed by atoms with Crippen LogP contribution >= 0.6 is 0 Å². The Bertz CT molecular complexity index is 93.0. The summed E-state index contributed by atoms with van der Waals surface area (Å²) in [6.07, 6.45) is 1.13. The van der Waals surface area contributed by atoms with Crippen LogP contribution in [0.15, 0.2) is 0 Å². The van der Waals surface area contributed by atoms with Crippen molar-refractivity contribution in [1.29, 1.82) is 0 Å². The van der Waals surface area contributed by atoms with Gasteiger partial charge < -0.3 is 14.6 Å². The van der Waals surface area contributed by atoms with Crippen molar-refractivity contribution in [3.8, 4) is 0 Å². The van der Waals surface area contributed by atoms with Crippen molar-refractivity contribution >= 4 is 0 Å². The van der Waals surface area contributed by atoms with Crippen LogP contribution in [0, 0.1) is 0 Å². The second-order valence-corrected chi connectivity index (χ2v) is 2.27. The third-order valence-corrected chi connectivity index (χ3v) is 1.96. The molecule has 54 valence electrons. The SMILES string of the molecule is COC1(OC)CC[C@@H]1O. The largest absolute Gasteiger partial charge is 0.388 e. The van der Waals surface area contributed by atoms with E-state index in [9.17, 15) is 0 Å². The summed E-state index contributed by atoms with van der Waals surface area (Å²) in [5.41, 5.74) is 0. The van der Waals surface area contributed by atoms with Crippen LogP contribution in [0.4, 0.5) is 0 Å². The topological polar surface area (TPSA) is 38.7 Å². The molecule has 0 aromatic carbocycles. The summed E-state index contributed by atoms with van der Waals surface area (Å²) in [5.74, 6) is -0.681. The minimum absolute atomic E-state index is 0.438. The van der Waals surface area contributed by atoms with Crippen LogP contribution in [0.25, 0.3) is 0 Å². The Labute approximate surface area is 54.6 Å². The normalized spacial score (nSPS) is 31.7. The summed E-state index contributed by atoms with van der Waals surface area (Å²) in [6, 6.07) is 0. The molecule has 0 spiro atoms. The molecule has 1 rings (SSSR count). The van der Waals surface area contributed by atoms with Gasteiger partial charge in [0.2, 0.25) is 0 Å². The van der Waals surface area contributed by atoms with E-state index in [2.05, 4.69) is 0 Å². The highest BCUT2D eigenvalue weighted by molar-refractivity contribution is 4.89. The number of hydrogen-bond acceptors (Lipinski definition) is 3.